The molecule has 0 bridgehead atoms. The van der Waals surface area contributed by atoms with Gasteiger partial charge in [-0.3, -0.25) is 9.69 Å². The van der Waals surface area contributed by atoms with E-state index in [2.05, 4.69) is 6.92 Å². The topological polar surface area (TPSA) is 93.0 Å². The monoisotopic (exact) mass is 525 g/mol. The zero-order valence-electron chi connectivity index (χ0n) is 20.1. The van der Waals surface area contributed by atoms with Crippen molar-refractivity contribution in [2.24, 2.45) is 0 Å². The van der Waals surface area contributed by atoms with E-state index in [0.717, 1.165) is 22.2 Å². The Bertz CT molecular complexity index is 1460. The van der Waals surface area contributed by atoms with Crippen molar-refractivity contribution in [2.45, 2.75) is 43.7 Å². The summed E-state index contributed by atoms with van der Waals surface area (Å²) in [4.78, 5) is 20.5. The molecule has 8 nitrogen and oxygen atoms in total. The first-order valence-electron chi connectivity index (χ1n) is 11.8. The molecule has 1 unspecified atom stereocenters. The Morgan fingerprint density at radius 2 is 2.00 bits per heavy atom. The van der Waals surface area contributed by atoms with E-state index in [-0.39, 0.29) is 23.9 Å². The predicted octanol–water partition coefficient (Wildman–Crippen LogP) is 4.85. The standard InChI is InChI=1S/C26H27N3O5S2/c1-3-18-7-4-10-23-24(18)27-26(35-23)28(17-20-8-6-16-34-20)25(30)22-9-5-15-29(22)36(31,32)21-13-11-19(33-2)12-14-21/h4,6-8,10-14,16,22H,3,5,9,15,17H2,1-2H3. The van der Waals surface area contributed by atoms with E-state index in [1.807, 2.05) is 18.2 Å². The predicted molar refractivity (Wildman–Crippen MR) is 139 cm³/mol. The molecule has 1 aliphatic heterocycles. The molecule has 0 spiro atoms. The first-order valence-corrected chi connectivity index (χ1v) is 14.1. The summed E-state index contributed by atoms with van der Waals surface area (Å²) < 4.78 is 40.1. The average Bonchev–Trinajstić information content (AvgIpc) is 3.67. The van der Waals surface area contributed by atoms with Gasteiger partial charge in [-0.05, 0) is 67.3 Å². The summed E-state index contributed by atoms with van der Waals surface area (Å²) in [6.45, 7) is 2.51. The molecule has 0 N–H and O–H groups in total. The Morgan fingerprint density at radius 1 is 1.19 bits per heavy atom. The summed E-state index contributed by atoms with van der Waals surface area (Å²) in [5, 5.41) is 0.529. The second kappa shape index (κ2) is 10.0. The van der Waals surface area contributed by atoms with Crippen molar-refractivity contribution < 1.29 is 22.4 Å². The quantitative estimate of drug-likeness (QED) is 0.327. The normalized spacial score (nSPS) is 16.4. The summed E-state index contributed by atoms with van der Waals surface area (Å²) in [6, 6.07) is 15.0. The first kappa shape index (κ1) is 24.5. The fourth-order valence-electron chi connectivity index (χ4n) is 4.53. The fourth-order valence-corrected chi connectivity index (χ4v) is 7.20. The number of aryl methyl sites for hydroxylation is 1. The molecule has 1 fully saturated rings. The van der Waals surface area contributed by atoms with Crippen LogP contribution in [0.4, 0.5) is 5.13 Å². The van der Waals surface area contributed by atoms with Gasteiger partial charge in [0.15, 0.2) is 5.13 Å². The van der Waals surface area contributed by atoms with E-state index >= 15 is 0 Å². The number of rotatable bonds is 8. The number of thiazole rings is 1. The number of aromatic nitrogens is 1. The van der Waals surface area contributed by atoms with E-state index in [4.69, 9.17) is 14.1 Å². The number of ether oxygens (including phenoxy) is 1. The molecule has 1 atom stereocenters. The molecule has 0 saturated carbocycles. The number of fused-ring (bicyclic) bond motifs is 1. The smallest absolute Gasteiger partial charge is 0.247 e. The van der Waals surface area contributed by atoms with Crippen molar-refractivity contribution in [3.8, 4) is 5.75 Å². The van der Waals surface area contributed by atoms with Crippen LogP contribution in [0.2, 0.25) is 0 Å². The van der Waals surface area contributed by atoms with Crippen molar-refractivity contribution in [3.05, 3.63) is 72.2 Å². The van der Waals surface area contributed by atoms with Gasteiger partial charge in [0.2, 0.25) is 15.9 Å². The lowest BCUT2D eigenvalue weighted by Crippen LogP contribution is -2.47. The Labute approximate surface area is 214 Å². The molecule has 2 aromatic heterocycles. The van der Waals surface area contributed by atoms with Crippen LogP contribution < -0.4 is 9.64 Å². The van der Waals surface area contributed by atoms with Gasteiger partial charge in [-0.2, -0.15) is 4.31 Å². The number of carbonyl (C=O) groups excluding carboxylic acids is 1. The number of amides is 1. The van der Waals surface area contributed by atoms with Gasteiger partial charge in [-0.25, -0.2) is 13.4 Å². The van der Waals surface area contributed by atoms with Crippen LogP contribution >= 0.6 is 11.3 Å². The van der Waals surface area contributed by atoms with Crippen molar-refractivity contribution in [1.82, 2.24) is 9.29 Å². The SMILES string of the molecule is CCc1cccc2sc(N(Cc3ccco3)C(=O)C3CCCN3S(=O)(=O)c3ccc(OC)cc3)nc12. The van der Waals surface area contributed by atoms with Crippen LogP contribution in [-0.2, 0) is 27.8 Å². The molecule has 2 aromatic carbocycles. The van der Waals surface area contributed by atoms with Crippen LogP contribution in [0.15, 0.2) is 70.2 Å². The minimum Gasteiger partial charge on any atom is -0.497 e. The average molecular weight is 526 g/mol. The van der Waals surface area contributed by atoms with Crippen LogP contribution in [0, 0.1) is 0 Å². The highest BCUT2D eigenvalue weighted by Gasteiger charge is 2.42. The minimum atomic E-state index is -3.88. The largest absolute Gasteiger partial charge is 0.497 e. The van der Waals surface area contributed by atoms with Crippen LogP contribution in [0.25, 0.3) is 10.2 Å². The number of anilines is 1. The van der Waals surface area contributed by atoms with Crippen LogP contribution in [0.3, 0.4) is 0 Å². The van der Waals surface area contributed by atoms with E-state index in [1.165, 1.54) is 34.9 Å². The zero-order chi connectivity index (χ0) is 25.3. The minimum absolute atomic E-state index is 0.133. The van der Waals surface area contributed by atoms with Gasteiger partial charge in [0.25, 0.3) is 0 Å². The van der Waals surface area contributed by atoms with Gasteiger partial charge in [-0.1, -0.05) is 30.4 Å². The number of furan rings is 1. The van der Waals surface area contributed by atoms with E-state index in [1.54, 1.807) is 35.4 Å². The molecule has 0 radical (unpaired) electrons. The molecule has 188 valence electrons. The third-order valence-electron chi connectivity index (χ3n) is 6.42. The second-order valence-electron chi connectivity index (χ2n) is 8.57. The Kier molecular flexibility index (Phi) is 6.83. The van der Waals surface area contributed by atoms with Gasteiger partial charge in [0.1, 0.15) is 17.6 Å². The van der Waals surface area contributed by atoms with Crippen LogP contribution in [-0.4, -0.2) is 43.3 Å². The number of sulfonamides is 1. The van der Waals surface area contributed by atoms with Crippen LogP contribution in [0.1, 0.15) is 31.1 Å². The molecule has 1 amide bonds. The highest BCUT2D eigenvalue weighted by atomic mass is 32.2. The molecule has 36 heavy (non-hydrogen) atoms. The van der Waals surface area contributed by atoms with Gasteiger partial charge in [0.05, 0.1) is 35.0 Å². The third kappa shape index (κ3) is 4.52. The molecule has 10 heteroatoms. The molecule has 1 aliphatic rings. The number of hydrogen-bond donors (Lipinski definition) is 0. The molecule has 0 aliphatic carbocycles. The molecule has 4 aromatic rings. The maximum Gasteiger partial charge on any atom is 0.247 e. The van der Waals surface area contributed by atoms with Gasteiger partial charge in [-0.15, -0.1) is 0 Å². The summed E-state index contributed by atoms with van der Waals surface area (Å²) in [5.41, 5.74) is 1.97. The number of methoxy groups -OCH3 is 1. The van der Waals surface area contributed by atoms with E-state index in [9.17, 15) is 13.2 Å². The van der Waals surface area contributed by atoms with Crippen molar-refractivity contribution >= 4 is 42.6 Å². The number of hydrogen-bond acceptors (Lipinski definition) is 7. The number of para-hydroxylation sites is 1. The Balaban J connectivity index is 1.51. The van der Waals surface area contributed by atoms with E-state index < -0.39 is 16.1 Å². The molecule has 1 saturated heterocycles. The first-order chi connectivity index (χ1) is 17.4. The number of benzene rings is 2. The highest BCUT2D eigenvalue weighted by Crippen LogP contribution is 2.35. The van der Waals surface area contributed by atoms with Gasteiger partial charge >= 0.3 is 0 Å². The highest BCUT2D eigenvalue weighted by molar-refractivity contribution is 7.89. The van der Waals surface area contributed by atoms with Crippen molar-refractivity contribution in [1.29, 1.82) is 0 Å². The summed E-state index contributed by atoms with van der Waals surface area (Å²) in [7, 11) is -2.36. The zero-order valence-corrected chi connectivity index (χ0v) is 21.7. The maximum absolute atomic E-state index is 14.0. The Morgan fingerprint density at radius 3 is 2.69 bits per heavy atom. The van der Waals surface area contributed by atoms with Gasteiger partial charge in [0, 0.05) is 6.54 Å². The molecule has 5 rings (SSSR count). The number of nitrogens with zero attached hydrogens (tertiary/aromatic N) is 3. The van der Waals surface area contributed by atoms with Gasteiger partial charge < -0.3 is 9.15 Å². The fraction of sp³-hybridized carbons (Fsp3) is 0.308. The van der Waals surface area contributed by atoms with Crippen molar-refractivity contribution in [3.63, 3.8) is 0 Å². The lowest BCUT2D eigenvalue weighted by Gasteiger charge is -2.28. The summed E-state index contributed by atoms with van der Waals surface area (Å²) in [5.74, 6) is 0.855. The molecular formula is C26H27N3O5S2. The van der Waals surface area contributed by atoms with E-state index in [0.29, 0.717) is 29.5 Å². The van der Waals surface area contributed by atoms with Crippen LogP contribution in [0.5, 0.6) is 5.75 Å². The third-order valence-corrected chi connectivity index (χ3v) is 9.38. The number of carbonyl (C=O) groups is 1. The second-order valence-corrected chi connectivity index (χ2v) is 11.5. The maximum atomic E-state index is 14.0. The lowest BCUT2D eigenvalue weighted by atomic mass is 10.1. The lowest BCUT2D eigenvalue weighted by molar-refractivity contribution is -0.121. The summed E-state index contributed by atoms with van der Waals surface area (Å²) in [6.07, 6.45) is 3.42. The molecule has 3 heterocycles. The summed E-state index contributed by atoms with van der Waals surface area (Å²) >= 11 is 1.42. The van der Waals surface area contributed by atoms with Crippen molar-refractivity contribution in [2.75, 3.05) is 18.6 Å². The molecular weight excluding hydrogens is 498 g/mol. The Hall–Kier alpha value is -3.21.